The third-order valence-electron chi connectivity index (χ3n) is 8.11. The van der Waals surface area contributed by atoms with Crippen LogP contribution in [0.25, 0.3) is 0 Å². The molecular weight excluding hydrogens is 284 g/mol. The van der Waals surface area contributed by atoms with Gasteiger partial charge in [-0.15, -0.1) is 0 Å². The van der Waals surface area contributed by atoms with E-state index < -0.39 is 5.60 Å². The Labute approximate surface area is 139 Å². The Hall–Kier alpha value is -1.15. The van der Waals surface area contributed by atoms with E-state index in [1.165, 1.54) is 43.6 Å². The second-order valence-corrected chi connectivity index (χ2v) is 8.49. The third-order valence-corrected chi connectivity index (χ3v) is 8.11. The summed E-state index contributed by atoms with van der Waals surface area (Å²) in [6, 6.07) is 6.71. The minimum absolute atomic E-state index is 0.343. The zero-order valence-corrected chi connectivity index (χ0v) is 14.3. The Morgan fingerprint density at radius 2 is 2.09 bits per heavy atom. The Morgan fingerprint density at radius 1 is 1.22 bits per heavy atom. The highest BCUT2D eigenvalue weighted by Gasteiger charge is 2.76. The van der Waals surface area contributed by atoms with Crippen molar-refractivity contribution in [3.8, 4) is 5.75 Å². The van der Waals surface area contributed by atoms with Crippen molar-refractivity contribution < 1.29 is 9.84 Å². The Kier molecular flexibility index (Phi) is 2.77. The van der Waals surface area contributed by atoms with Crippen molar-refractivity contribution in [2.24, 2.45) is 17.3 Å². The van der Waals surface area contributed by atoms with Crippen molar-refractivity contribution in [2.75, 3.05) is 7.11 Å². The minimum atomic E-state index is -0.431. The van der Waals surface area contributed by atoms with Gasteiger partial charge in [0.2, 0.25) is 5.60 Å². The molecule has 2 nitrogen and oxygen atoms in total. The van der Waals surface area contributed by atoms with Gasteiger partial charge in [-0.25, -0.2) is 0 Å². The Morgan fingerprint density at radius 3 is 2.83 bits per heavy atom. The first-order valence-electron chi connectivity index (χ1n) is 9.32. The second-order valence-electron chi connectivity index (χ2n) is 8.49. The molecular formula is C21H27O2+. The molecule has 3 saturated carbocycles. The molecule has 0 aliphatic heterocycles. The lowest BCUT2D eigenvalue weighted by molar-refractivity contribution is 0.0312. The quantitative estimate of drug-likeness (QED) is 0.785. The number of hydrogen-bond donors (Lipinski definition) is 1. The summed E-state index contributed by atoms with van der Waals surface area (Å²) >= 11 is 0. The van der Waals surface area contributed by atoms with E-state index in [0.29, 0.717) is 11.3 Å². The fourth-order valence-corrected chi connectivity index (χ4v) is 7.09. The average molecular weight is 311 g/mol. The largest absolute Gasteiger partial charge is 0.497 e. The number of fused-ring (bicyclic) bond motifs is 7. The second kappa shape index (κ2) is 4.47. The lowest BCUT2D eigenvalue weighted by Gasteiger charge is -2.41. The zero-order valence-electron chi connectivity index (χ0n) is 14.3. The molecule has 0 saturated heterocycles. The van der Waals surface area contributed by atoms with Crippen LogP contribution in [-0.2, 0) is 6.42 Å². The highest BCUT2D eigenvalue weighted by Crippen LogP contribution is 2.73. The van der Waals surface area contributed by atoms with Crippen LogP contribution in [0.1, 0.15) is 62.5 Å². The molecule has 0 unspecified atom stereocenters. The van der Waals surface area contributed by atoms with E-state index in [2.05, 4.69) is 25.1 Å². The van der Waals surface area contributed by atoms with Crippen molar-refractivity contribution in [3.63, 3.8) is 0 Å². The fraction of sp³-hybridized carbons (Fsp3) is 0.667. The normalized spacial score (nSPS) is 43.8. The Bertz CT molecular complexity index is 653. The molecule has 2 bridgehead atoms. The standard InChI is InChI=1S/C21H27O2/c1-13-20(22)9-7-15(12-20)21(13)10-8-18-17-5-4-16(23-2)11-14(17)3-6-19(18)21/h4-5,11,15,18-19,22H,3,6-10,12H2,1-2H3/q+1/t15-,18+,19+,20+,21-/m0/s1. The van der Waals surface area contributed by atoms with Gasteiger partial charge in [-0.2, -0.15) is 0 Å². The van der Waals surface area contributed by atoms with Gasteiger partial charge in [-0.1, -0.05) is 6.07 Å². The van der Waals surface area contributed by atoms with Crippen LogP contribution in [0, 0.1) is 23.2 Å². The summed E-state index contributed by atoms with van der Waals surface area (Å²) in [5, 5.41) is 11.0. The number of rotatable bonds is 1. The van der Waals surface area contributed by atoms with Crippen LogP contribution in [-0.4, -0.2) is 17.8 Å². The topological polar surface area (TPSA) is 29.5 Å². The molecule has 0 heterocycles. The van der Waals surface area contributed by atoms with Crippen LogP contribution < -0.4 is 4.74 Å². The fourth-order valence-electron chi connectivity index (χ4n) is 7.09. The van der Waals surface area contributed by atoms with E-state index in [4.69, 9.17) is 4.74 Å². The van der Waals surface area contributed by atoms with Crippen molar-refractivity contribution in [2.45, 2.75) is 63.4 Å². The van der Waals surface area contributed by atoms with E-state index in [1.807, 2.05) is 0 Å². The van der Waals surface area contributed by atoms with Gasteiger partial charge in [-0.05, 0) is 61.3 Å². The maximum atomic E-state index is 11.0. The first kappa shape index (κ1) is 14.2. The van der Waals surface area contributed by atoms with Gasteiger partial charge in [0.05, 0.1) is 14.0 Å². The summed E-state index contributed by atoms with van der Waals surface area (Å²) in [5.74, 6) is 4.63. The van der Waals surface area contributed by atoms with E-state index >= 15 is 0 Å². The minimum Gasteiger partial charge on any atom is -0.497 e. The third kappa shape index (κ3) is 1.61. The number of hydrogen-bond acceptors (Lipinski definition) is 2. The first-order chi connectivity index (χ1) is 11.1. The van der Waals surface area contributed by atoms with Crippen molar-refractivity contribution in [1.29, 1.82) is 0 Å². The molecule has 0 aromatic heterocycles. The molecule has 0 amide bonds. The molecule has 3 fully saturated rings. The van der Waals surface area contributed by atoms with E-state index in [9.17, 15) is 5.11 Å². The van der Waals surface area contributed by atoms with Crippen LogP contribution in [0.5, 0.6) is 5.75 Å². The monoisotopic (exact) mass is 311 g/mol. The Balaban J connectivity index is 1.54. The molecule has 1 aromatic carbocycles. The number of aryl methyl sites for hydroxylation is 1. The molecule has 1 N–H and O–H groups in total. The van der Waals surface area contributed by atoms with Crippen LogP contribution in [0.4, 0.5) is 0 Å². The van der Waals surface area contributed by atoms with Crippen molar-refractivity contribution >= 4 is 0 Å². The van der Waals surface area contributed by atoms with Crippen molar-refractivity contribution in [3.05, 3.63) is 35.2 Å². The molecule has 23 heavy (non-hydrogen) atoms. The van der Waals surface area contributed by atoms with Crippen LogP contribution in [0.15, 0.2) is 18.2 Å². The predicted molar refractivity (Wildman–Crippen MR) is 90.4 cm³/mol. The molecule has 4 aliphatic rings. The smallest absolute Gasteiger partial charge is 0.207 e. The zero-order chi connectivity index (χ0) is 15.8. The summed E-state index contributed by atoms with van der Waals surface area (Å²) in [5.41, 5.74) is 2.98. The highest BCUT2D eigenvalue weighted by atomic mass is 16.5. The molecule has 2 heteroatoms. The molecule has 0 radical (unpaired) electrons. The lowest BCUT2D eigenvalue weighted by Crippen LogP contribution is -2.44. The average Bonchev–Trinajstić information content (AvgIpc) is 3.20. The van der Waals surface area contributed by atoms with Gasteiger partial charge in [0.25, 0.3) is 0 Å². The molecule has 122 valence electrons. The van der Waals surface area contributed by atoms with Gasteiger partial charge in [0, 0.05) is 24.7 Å². The number of ether oxygens (including phenoxy) is 1. The SMILES string of the molecule is COc1ccc2c(c1)CC[C@@H]1[C@@H]2CC[C@@]12[C+](C)[C@@]1(O)CC[C@H]2C1. The van der Waals surface area contributed by atoms with Gasteiger partial charge in [-0.3, -0.25) is 0 Å². The van der Waals surface area contributed by atoms with Crippen LogP contribution >= 0.6 is 0 Å². The summed E-state index contributed by atoms with van der Waals surface area (Å²) in [6.45, 7) is 2.28. The molecule has 4 aliphatic carbocycles. The van der Waals surface area contributed by atoms with E-state index in [1.54, 1.807) is 12.7 Å². The molecule has 1 aromatic rings. The van der Waals surface area contributed by atoms with Crippen LogP contribution in [0.3, 0.4) is 0 Å². The number of methoxy groups -OCH3 is 1. The summed E-state index contributed by atoms with van der Waals surface area (Å²) in [6.07, 6.45) is 8.35. The molecule has 5 rings (SSSR count). The summed E-state index contributed by atoms with van der Waals surface area (Å²) in [4.78, 5) is 0. The van der Waals surface area contributed by atoms with E-state index in [-0.39, 0.29) is 0 Å². The van der Waals surface area contributed by atoms with Gasteiger partial charge < -0.3 is 9.84 Å². The van der Waals surface area contributed by atoms with Crippen LogP contribution in [0.2, 0.25) is 0 Å². The lowest BCUT2D eigenvalue weighted by atomic mass is 9.57. The molecule has 1 spiro atoms. The summed E-state index contributed by atoms with van der Waals surface area (Å²) in [7, 11) is 1.76. The summed E-state index contributed by atoms with van der Waals surface area (Å²) < 4.78 is 5.42. The number of benzene rings is 1. The first-order valence-corrected chi connectivity index (χ1v) is 9.32. The van der Waals surface area contributed by atoms with Gasteiger partial charge in [0.15, 0.2) is 0 Å². The maximum absolute atomic E-state index is 11.0. The van der Waals surface area contributed by atoms with E-state index in [0.717, 1.165) is 30.4 Å². The maximum Gasteiger partial charge on any atom is 0.207 e. The van der Waals surface area contributed by atoms with Gasteiger partial charge in [0.1, 0.15) is 17.1 Å². The van der Waals surface area contributed by atoms with Crippen molar-refractivity contribution in [1.82, 2.24) is 0 Å². The predicted octanol–water partition coefficient (Wildman–Crippen LogP) is 4.26. The van der Waals surface area contributed by atoms with Gasteiger partial charge >= 0.3 is 0 Å². The molecule has 5 atom stereocenters. The highest BCUT2D eigenvalue weighted by molar-refractivity contribution is 5.43. The number of aliphatic hydroxyl groups is 1.